The van der Waals surface area contributed by atoms with E-state index in [-0.39, 0.29) is 6.61 Å². The summed E-state index contributed by atoms with van der Waals surface area (Å²) in [5, 5.41) is 2.63. The van der Waals surface area contributed by atoms with Gasteiger partial charge in [0.15, 0.2) is 5.17 Å². The number of thioether (sulfide) groups is 1. The summed E-state index contributed by atoms with van der Waals surface area (Å²) in [5.41, 5.74) is 2.39. The van der Waals surface area contributed by atoms with E-state index in [1.807, 2.05) is 85.1 Å². The van der Waals surface area contributed by atoms with Gasteiger partial charge in [-0.15, -0.1) is 11.3 Å². The molecule has 0 bridgehead atoms. The van der Waals surface area contributed by atoms with Gasteiger partial charge in [0.2, 0.25) is 0 Å². The molecule has 0 saturated heterocycles. The van der Waals surface area contributed by atoms with Gasteiger partial charge in [0.1, 0.15) is 17.9 Å². The lowest BCUT2D eigenvalue weighted by Crippen LogP contribution is -2.47. The van der Waals surface area contributed by atoms with Gasteiger partial charge in [-0.1, -0.05) is 94.4 Å². The predicted molar refractivity (Wildman–Crippen MR) is 161 cm³/mol. The van der Waals surface area contributed by atoms with Crippen molar-refractivity contribution in [2.24, 2.45) is 4.99 Å². The van der Waals surface area contributed by atoms with Crippen molar-refractivity contribution in [2.45, 2.75) is 25.6 Å². The van der Waals surface area contributed by atoms with Crippen LogP contribution in [0.15, 0.2) is 106 Å². The lowest BCUT2D eigenvalue weighted by Gasteiger charge is -2.43. The molecule has 4 aromatic rings. The predicted octanol–water partition coefficient (Wildman–Crippen LogP) is 8.34. The maximum absolute atomic E-state index is 13.0. The number of carbonyl (C=O) groups excluding carboxylic acids is 1. The minimum atomic E-state index is -0.643. The number of halogens is 1. The van der Waals surface area contributed by atoms with Crippen LogP contribution in [0.5, 0.6) is 5.75 Å². The van der Waals surface area contributed by atoms with Gasteiger partial charge in [0.25, 0.3) is 0 Å². The molecule has 0 radical (unpaired) electrons. The molecule has 1 atom stereocenters. The van der Waals surface area contributed by atoms with Crippen LogP contribution in [0.1, 0.15) is 28.5 Å². The Labute approximate surface area is 240 Å². The van der Waals surface area contributed by atoms with E-state index in [0.29, 0.717) is 11.7 Å². The van der Waals surface area contributed by atoms with Gasteiger partial charge in [-0.25, -0.2) is 4.79 Å². The molecular weight excluding hydrogens is 580 g/mol. The van der Waals surface area contributed by atoms with Crippen LogP contribution < -0.4 is 4.74 Å². The number of thiophene rings is 1. The van der Waals surface area contributed by atoms with E-state index < -0.39 is 11.6 Å². The Morgan fingerprint density at radius 2 is 1.68 bits per heavy atom. The van der Waals surface area contributed by atoms with Crippen LogP contribution in [0.4, 0.5) is 4.79 Å². The Bertz CT molecular complexity index is 1360. The molecule has 0 N–H and O–H groups in total. The molecule has 0 aliphatic carbocycles. The molecule has 0 fully saturated rings. The average Bonchev–Trinajstić information content (AvgIpc) is 3.50. The topological polar surface area (TPSA) is 51.1 Å². The number of hydrogen-bond acceptors (Lipinski definition) is 5. The van der Waals surface area contributed by atoms with Gasteiger partial charge in [-0.3, -0.25) is 0 Å². The SMILES string of the molecule is COc1ccc(CN(/C(=N\C(=O)OCc2ccccc2)SC)C(C)(c2cccs2)c2ccccc2Br)cc1. The van der Waals surface area contributed by atoms with Crippen LogP contribution in [0.2, 0.25) is 0 Å². The zero-order chi connectivity index (χ0) is 27.0. The molecule has 0 aliphatic rings. The van der Waals surface area contributed by atoms with Crippen molar-refractivity contribution in [3.8, 4) is 5.75 Å². The largest absolute Gasteiger partial charge is 0.497 e. The van der Waals surface area contributed by atoms with E-state index in [1.54, 1.807) is 18.4 Å². The zero-order valence-corrected chi connectivity index (χ0v) is 24.7. The van der Waals surface area contributed by atoms with Crippen molar-refractivity contribution in [1.82, 2.24) is 4.90 Å². The first-order chi connectivity index (χ1) is 18.5. The Hall–Kier alpha value is -3.07. The summed E-state index contributed by atoms with van der Waals surface area (Å²) < 4.78 is 11.9. The highest BCUT2D eigenvalue weighted by Crippen LogP contribution is 2.43. The first-order valence-corrected chi connectivity index (χ1v) is 14.9. The highest BCUT2D eigenvalue weighted by Gasteiger charge is 2.40. The fraction of sp³-hybridized carbons (Fsp3) is 0.200. The van der Waals surface area contributed by atoms with E-state index >= 15 is 0 Å². The van der Waals surface area contributed by atoms with Crippen LogP contribution in [0, 0.1) is 0 Å². The molecule has 38 heavy (non-hydrogen) atoms. The van der Waals surface area contributed by atoms with Crippen LogP contribution in [0.3, 0.4) is 0 Å². The van der Waals surface area contributed by atoms with Crippen molar-refractivity contribution >= 4 is 50.3 Å². The second kappa shape index (κ2) is 13.1. The fourth-order valence-electron chi connectivity index (χ4n) is 4.20. The summed E-state index contributed by atoms with van der Waals surface area (Å²) in [5.74, 6) is 0.787. The van der Waals surface area contributed by atoms with Crippen molar-refractivity contribution < 1.29 is 14.3 Å². The van der Waals surface area contributed by atoms with Crippen molar-refractivity contribution in [2.75, 3.05) is 13.4 Å². The number of hydrogen-bond donors (Lipinski definition) is 0. The summed E-state index contributed by atoms with van der Waals surface area (Å²) in [4.78, 5) is 20.7. The standard InChI is InChI=1S/C30H29BrN2O3S2/c1-30(27-14-9-19-38-27,25-12-7-8-13-26(25)31)33(20-22-15-17-24(35-2)18-16-22)28(37-3)32-29(34)36-21-23-10-5-4-6-11-23/h4-19H,20-21H2,1-3H3/b32-28+. The van der Waals surface area contributed by atoms with Gasteiger partial charge >= 0.3 is 6.09 Å². The first-order valence-electron chi connectivity index (χ1n) is 12.0. The van der Waals surface area contributed by atoms with E-state index in [2.05, 4.69) is 50.3 Å². The number of amides is 1. The summed E-state index contributed by atoms with van der Waals surface area (Å²) in [6, 6.07) is 29.9. The summed E-state index contributed by atoms with van der Waals surface area (Å²) >= 11 is 6.88. The van der Waals surface area contributed by atoms with E-state index in [9.17, 15) is 4.79 Å². The zero-order valence-electron chi connectivity index (χ0n) is 21.5. The average molecular weight is 610 g/mol. The molecule has 0 spiro atoms. The number of nitrogens with zero attached hydrogens (tertiary/aromatic N) is 2. The van der Waals surface area contributed by atoms with Gasteiger partial charge in [-0.2, -0.15) is 4.99 Å². The van der Waals surface area contributed by atoms with Gasteiger partial charge in [0, 0.05) is 15.9 Å². The highest BCUT2D eigenvalue weighted by atomic mass is 79.9. The molecule has 1 amide bonds. The van der Waals surface area contributed by atoms with Crippen molar-refractivity contribution in [3.63, 3.8) is 0 Å². The Balaban J connectivity index is 1.78. The summed E-state index contributed by atoms with van der Waals surface area (Å²) in [7, 11) is 1.65. The van der Waals surface area contributed by atoms with E-state index in [1.165, 1.54) is 11.8 Å². The normalized spacial score (nSPS) is 13.0. The minimum absolute atomic E-state index is 0.162. The van der Waals surface area contributed by atoms with E-state index in [0.717, 1.165) is 31.8 Å². The number of amidine groups is 1. The van der Waals surface area contributed by atoms with Crippen LogP contribution in [-0.4, -0.2) is 29.5 Å². The number of aliphatic imine (C=N–C) groups is 1. The second-order valence-electron chi connectivity index (χ2n) is 8.60. The Morgan fingerprint density at radius 3 is 2.32 bits per heavy atom. The second-order valence-corrected chi connectivity index (χ2v) is 11.2. The molecule has 196 valence electrons. The monoisotopic (exact) mass is 608 g/mol. The quantitative estimate of drug-likeness (QED) is 0.149. The van der Waals surface area contributed by atoms with Crippen LogP contribution >= 0.6 is 39.0 Å². The molecule has 8 heteroatoms. The number of benzene rings is 3. The number of carbonyl (C=O) groups is 1. The molecule has 5 nitrogen and oxygen atoms in total. The molecule has 1 aromatic heterocycles. The molecule has 4 rings (SSSR count). The van der Waals surface area contributed by atoms with Gasteiger partial charge < -0.3 is 14.4 Å². The summed E-state index contributed by atoms with van der Waals surface area (Å²) in [6.07, 6.45) is 1.30. The Morgan fingerprint density at radius 1 is 0.974 bits per heavy atom. The molecule has 3 aromatic carbocycles. The number of rotatable bonds is 8. The smallest absolute Gasteiger partial charge is 0.436 e. The van der Waals surface area contributed by atoms with Crippen LogP contribution in [0.25, 0.3) is 0 Å². The highest BCUT2D eigenvalue weighted by molar-refractivity contribution is 9.10. The first kappa shape index (κ1) is 28.0. The lowest BCUT2D eigenvalue weighted by molar-refractivity contribution is 0.149. The third-order valence-electron chi connectivity index (χ3n) is 6.24. The van der Waals surface area contributed by atoms with Crippen molar-refractivity contribution in [1.29, 1.82) is 0 Å². The third kappa shape index (κ3) is 6.49. The minimum Gasteiger partial charge on any atom is -0.497 e. The van der Waals surface area contributed by atoms with Crippen LogP contribution in [-0.2, 0) is 23.4 Å². The molecule has 0 aliphatic heterocycles. The van der Waals surface area contributed by atoms with E-state index in [4.69, 9.17) is 9.47 Å². The molecule has 1 heterocycles. The molecule has 0 saturated carbocycles. The third-order valence-corrected chi connectivity index (χ3v) is 8.69. The van der Waals surface area contributed by atoms with Gasteiger partial charge in [0.05, 0.1) is 7.11 Å². The lowest BCUT2D eigenvalue weighted by atomic mass is 9.88. The van der Waals surface area contributed by atoms with Gasteiger partial charge in [-0.05, 0) is 59.5 Å². The number of methoxy groups -OCH3 is 1. The fourth-order valence-corrected chi connectivity index (χ4v) is 6.41. The maximum atomic E-state index is 13.0. The molecule has 1 unspecified atom stereocenters. The Kier molecular flexibility index (Phi) is 9.66. The maximum Gasteiger partial charge on any atom is 0.436 e. The summed E-state index contributed by atoms with van der Waals surface area (Å²) in [6.45, 7) is 2.84. The number of ether oxygens (including phenoxy) is 2. The molecular formula is C30H29BrN2O3S2. The van der Waals surface area contributed by atoms with Crippen molar-refractivity contribution in [3.05, 3.63) is 122 Å².